The molecular formula is C19H22N2O2. The fourth-order valence-corrected chi connectivity index (χ4v) is 2.20. The molecule has 0 saturated heterocycles. The molecule has 0 aromatic heterocycles. The predicted octanol–water partition coefficient (Wildman–Crippen LogP) is 4.06. The van der Waals surface area contributed by atoms with E-state index in [2.05, 4.69) is 24.4 Å². The summed E-state index contributed by atoms with van der Waals surface area (Å²) in [5.74, 6) is 0.412. The van der Waals surface area contributed by atoms with Crippen molar-refractivity contribution in [2.24, 2.45) is 5.10 Å². The van der Waals surface area contributed by atoms with Crippen molar-refractivity contribution in [1.29, 1.82) is 0 Å². The van der Waals surface area contributed by atoms with E-state index in [9.17, 15) is 9.90 Å². The first-order chi connectivity index (χ1) is 11.0. The molecular weight excluding hydrogens is 288 g/mol. The molecule has 4 nitrogen and oxygen atoms in total. The van der Waals surface area contributed by atoms with E-state index in [1.54, 1.807) is 24.3 Å². The number of nitrogens with one attached hydrogen (secondary N) is 1. The zero-order valence-corrected chi connectivity index (χ0v) is 13.7. The molecule has 0 spiro atoms. The first-order valence-electron chi connectivity index (χ1n) is 7.77. The molecule has 120 valence electrons. The maximum absolute atomic E-state index is 12.2. The van der Waals surface area contributed by atoms with Gasteiger partial charge in [0.2, 0.25) is 0 Å². The van der Waals surface area contributed by atoms with E-state index in [1.807, 2.05) is 31.2 Å². The van der Waals surface area contributed by atoms with Gasteiger partial charge in [0, 0.05) is 5.56 Å². The average molecular weight is 310 g/mol. The van der Waals surface area contributed by atoms with Crippen LogP contribution < -0.4 is 5.43 Å². The molecule has 0 heterocycles. The molecule has 23 heavy (non-hydrogen) atoms. The fraction of sp³-hybridized carbons (Fsp3) is 0.263. The highest BCUT2D eigenvalue weighted by Crippen LogP contribution is 2.15. The van der Waals surface area contributed by atoms with Gasteiger partial charge >= 0.3 is 0 Å². The summed E-state index contributed by atoms with van der Waals surface area (Å²) >= 11 is 0. The summed E-state index contributed by atoms with van der Waals surface area (Å²) in [6.45, 7) is 6.20. The molecule has 2 N–H and O–H groups in total. The standard InChI is InChI=1S/C19H22N2O2/c1-4-18(15-9-11-17(22)12-10-15)20-21-19(23)16-7-5-14(6-8-16)13(2)3/h5-13,22H,4H2,1-3H3,(H,21,23). The van der Waals surface area contributed by atoms with Crippen LogP contribution >= 0.6 is 0 Å². The summed E-state index contributed by atoms with van der Waals surface area (Å²) < 4.78 is 0. The van der Waals surface area contributed by atoms with Gasteiger partial charge in [-0.25, -0.2) is 5.43 Å². The second kappa shape index (κ2) is 7.58. The molecule has 2 aromatic rings. The van der Waals surface area contributed by atoms with Crippen LogP contribution in [0.2, 0.25) is 0 Å². The van der Waals surface area contributed by atoms with Crippen LogP contribution in [0.1, 0.15) is 54.6 Å². The fourth-order valence-electron chi connectivity index (χ4n) is 2.20. The van der Waals surface area contributed by atoms with Gasteiger partial charge < -0.3 is 5.11 Å². The molecule has 0 aliphatic heterocycles. The number of phenolic OH excluding ortho intramolecular Hbond substituents is 1. The molecule has 2 aromatic carbocycles. The Hall–Kier alpha value is -2.62. The van der Waals surface area contributed by atoms with Crippen molar-refractivity contribution < 1.29 is 9.90 Å². The van der Waals surface area contributed by atoms with E-state index in [-0.39, 0.29) is 11.7 Å². The Kier molecular flexibility index (Phi) is 5.52. The van der Waals surface area contributed by atoms with Gasteiger partial charge in [-0.1, -0.05) is 32.9 Å². The van der Waals surface area contributed by atoms with Gasteiger partial charge in [0.25, 0.3) is 5.91 Å². The van der Waals surface area contributed by atoms with Gasteiger partial charge in [-0.15, -0.1) is 0 Å². The molecule has 4 heteroatoms. The lowest BCUT2D eigenvalue weighted by Gasteiger charge is -2.07. The molecule has 0 unspecified atom stereocenters. The van der Waals surface area contributed by atoms with E-state index in [0.717, 1.165) is 11.3 Å². The third-order valence-corrected chi connectivity index (χ3v) is 3.67. The van der Waals surface area contributed by atoms with Gasteiger partial charge in [-0.2, -0.15) is 5.10 Å². The summed E-state index contributed by atoms with van der Waals surface area (Å²) in [5.41, 5.74) is 6.02. The Morgan fingerprint density at radius 1 is 1.04 bits per heavy atom. The van der Waals surface area contributed by atoms with Gasteiger partial charge in [0.1, 0.15) is 5.75 Å². The second-order valence-corrected chi connectivity index (χ2v) is 5.68. The smallest absolute Gasteiger partial charge is 0.271 e. The summed E-state index contributed by atoms with van der Waals surface area (Å²) in [4.78, 5) is 12.2. The van der Waals surface area contributed by atoms with Crippen LogP contribution in [0.4, 0.5) is 0 Å². The van der Waals surface area contributed by atoms with Gasteiger partial charge in [0.15, 0.2) is 0 Å². The normalized spacial score (nSPS) is 11.6. The second-order valence-electron chi connectivity index (χ2n) is 5.68. The number of nitrogens with zero attached hydrogens (tertiary/aromatic N) is 1. The number of aromatic hydroxyl groups is 1. The third-order valence-electron chi connectivity index (χ3n) is 3.67. The van der Waals surface area contributed by atoms with Crippen LogP contribution in [0.5, 0.6) is 5.75 Å². The van der Waals surface area contributed by atoms with Crippen molar-refractivity contribution >= 4 is 11.6 Å². The molecule has 0 radical (unpaired) electrons. The Balaban J connectivity index is 2.10. The predicted molar refractivity (Wildman–Crippen MR) is 92.9 cm³/mol. The minimum absolute atomic E-state index is 0.207. The molecule has 2 rings (SSSR count). The highest BCUT2D eigenvalue weighted by molar-refractivity contribution is 6.02. The number of benzene rings is 2. The van der Waals surface area contributed by atoms with E-state index >= 15 is 0 Å². The van der Waals surface area contributed by atoms with Gasteiger partial charge in [-0.3, -0.25) is 4.79 Å². The van der Waals surface area contributed by atoms with Crippen molar-refractivity contribution in [2.45, 2.75) is 33.1 Å². The summed E-state index contributed by atoms with van der Waals surface area (Å²) in [7, 11) is 0. The van der Waals surface area contributed by atoms with Crippen molar-refractivity contribution in [3.8, 4) is 5.75 Å². The quantitative estimate of drug-likeness (QED) is 0.646. The van der Waals surface area contributed by atoms with Crippen LogP contribution in [0.25, 0.3) is 0 Å². The van der Waals surface area contributed by atoms with Crippen LogP contribution in [-0.2, 0) is 0 Å². The molecule has 0 aliphatic rings. The minimum Gasteiger partial charge on any atom is -0.508 e. The minimum atomic E-state index is -0.231. The average Bonchev–Trinajstić information content (AvgIpc) is 2.56. The number of amides is 1. The number of rotatable bonds is 5. The zero-order valence-electron chi connectivity index (χ0n) is 13.7. The molecule has 0 fully saturated rings. The molecule has 0 bridgehead atoms. The number of hydrazone groups is 1. The number of hydrogen-bond acceptors (Lipinski definition) is 3. The van der Waals surface area contributed by atoms with E-state index in [1.165, 1.54) is 5.56 Å². The van der Waals surface area contributed by atoms with Crippen molar-refractivity contribution in [1.82, 2.24) is 5.43 Å². The third kappa shape index (κ3) is 4.42. The first kappa shape index (κ1) is 16.7. The van der Waals surface area contributed by atoms with Crippen LogP contribution in [0.3, 0.4) is 0 Å². The highest BCUT2D eigenvalue weighted by Gasteiger charge is 2.07. The van der Waals surface area contributed by atoms with Crippen LogP contribution in [-0.4, -0.2) is 16.7 Å². The van der Waals surface area contributed by atoms with Crippen molar-refractivity contribution in [3.05, 3.63) is 65.2 Å². The van der Waals surface area contributed by atoms with Gasteiger partial charge in [0.05, 0.1) is 5.71 Å². The Bertz CT molecular complexity index is 686. The van der Waals surface area contributed by atoms with E-state index < -0.39 is 0 Å². The van der Waals surface area contributed by atoms with Crippen LogP contribution in [0.15, 0.2) is 53.6 Å². The van der Waals surface area contributed by atoms with Crippen molar-refractivity contribution in [3.63, 3.8) is 0 Å². The SMILES string of the molecule is CCC(=NNC(=O)c1ccc(C(C)C)cc1)c1ccc(O)cc1. The van der Waals surface area contributed by atoms with Gasteiger partial charge in [-0.05, 0) is 59.9 Å². The molecule has 0 atom stereocenters. The Morgan fingerprint density at radius 3 is 2.13 bits per heavy atom. The Labute approximate surface area is 136 Å². The van der Waals surface area contributed by atoms with E-state index in [4.69, 9.17) is 0 Å². The summed E-state index contributed by atoms with van der Waals surface area (Å²) in [5, 5.41) is 13.5. The number of phenols is 1. The summed E-state index contributed by atoms with van der Waals surface area (Å²) in [6.07, 6.45) is 0.678. The molecule has 0 saturated carbocycles. The van der Waals surface area contributed by atoms with Crippen molar-refractivity contribution in [2.75, 3.05) is 0 Å². The molecule has 1 amide bonds. The maximum atomic E-state index is 12.2. The maximum Gasteiger partial charge on any atom is 0.271 e. The lowest BCUT2D eigenvalue weighted by atomic mass is 10.0. The summed E-state index contributed by atoms with van der Waals surface area (Å²) in [6, 6.07) is 14.3. The zero-order chi connectivity index (χ0) is 16.8. The number of carbonyl (C=O) groups is 1. The number of hydrogen-bond donors (Lipinski definition) is 2. The number of carbonyl (C=O) groups excluding carboxylic acids is 1. The highest BCUT2D eigenvalue weighted by atomic mass is 16.3. The lowest BCUT2D eigenvalue weighted by Crippen LogP contribution is -2.20. The topological polar surface area (TPSA) is 61.7 Å². The largest absolute Gasteiger partial charge is 0.508 e. The lowest BCUT2D eigenvalue weighted by molar-refractivity contribution is 0.0955. The van der Waals surface area contributed by atoms with E-state index in [0.29, 0.717) is 17.9 Å². The first-order valence-corrected chi connectivity index (χ1v) is 7.77. The van der Waals surface area contributed by atoms with Crippen LogP contribution in [0, 0.1) is 0 Å². The molecule has 0 aliphatic carbocycles. The Morgan fingerprint density at radius 2 is 1.61 bits per heavy atom. The monoisotopic (exact) mass is 310 g/mol.